The van der Waals surface area contributed by atoms with Crippen LogP contribution in [0.3, 0.4) is 0 Å². The predicted octanol–water partition coefficient (Wildman–Crippen LogP) is 7.29. The van der Waals surface area contributed by atoms with Gasteiger partial charge < -0.3 is 0 Å². The number of nitrogens with zero attached hydrogens (tertiary/aromatic N) is 1. The summed E-state index contributed by atoms with van der Waals surface area (Å²) in [6, 6.07) is 32.5. The summed E-state index contributed by atoms with van der Waals surface area (Å²) in [5.74, 6) is -0.344. The summed E-state index contributed by atoms with van der Waals surface area (Å²) in [7, 11) is 0. The number of benzene rings is 4. The van der Waals surface area contributed by atoms with Crippen molar-refractivity contribution in [3.8, 4) is 0 Å². The molecule has 5 heteroatoms. The molecule has 7 rings (SSSR count). The van der Waals surface area contributed by atoms with Crippen molar-refractivity contribution in [1.82, 2.24) is 0 Å². The Labute approximate surface area is 212 Å². The number of allylic oxidation sites excluding steroid dienone is 1. The summed E-state index contributed by atoms with van der Waals surface area (Å²) < 4.78 is 2.21. The zero-order valence-electron chi connectivity index (χ0n) is 18.4. The average molecular weight is 534 g/mol. The molecule has 0 saturated heterocycles. The van der Waals surface area contributed by atoms with Gasteiger partial charge in [-0.3, -0.25) is 0 Å². The quantitative estimate of drug-likeness (QED) is 0.133. The number of anilines is 3. The molecule has 2 aliphatic rings. The predicted molar refractivity (Wildman–Crippen MR) is 143 cm³/mol. The molecule has 0 atom stereocenters. The van der Waals surface area contributed by atoms with E-state index in [1.807, 2.05) is 36.4 Å². The number of hydrogen-bond donors (Lipinski definition) is 0. The van der Waals surface area contributed by atoms with Crippen LogP contribution in [-0.2, 0) is 0 Å². The maximum atomic E-state index is 13.4. The first-order valence-corrected chi connectivity index (χ1v) is 13.8. The van der Waals surface area contributed by atoms with E-state index >= 15 is 0 Å². The molecule has 0 radical (unpaired) electrons. The number of Topliss-reactive ketones (excluding diaryl/α,β-unsaturated/α-hetero) is 2. The summed E-state index contributed by atoms with van der Waals surface area (Å²) in [4.78, 5) is 31.4. The van der Waals surface area contributed by atoms with E-state index in [4.69, 9.17) is 0 Å². The molecule has 1 aliphatic heterocycles. The Balaban J connectivity index is 1.31. The van der Waals surface area contributed by atoms with Crippen LogP contribution in [0.25, 0.3) is 16.8 Å². The Morgan fingerprint density at radius 3 is 2.14 bits per heavy atom. The molecular weight excluding hydrogens is 517 g/mol. The molecule has 0 N–H and O–H groups in total. The van der Waals surface area contributed by atoms with E-state index in [2.05, 4.69) is 65.6 Å². The molecule has 3 nitrogen and oxygen atoms in total. The number of para-hydroxylation sites is 2. The topological polar surface area (TPSA) is 37.4 Å². The van der Waals surface area contributed by atoms with Crippen LogP contribution in [-0.4, -0.2) is 26.1 Å². The molecule has 1 aliphatic carbocycles. The van der Waals surface area contributed by atoms with Crippen LogP contribution in [0.4, 0.5) is 15.9 Å². The summed E-state index contributed by atoms with van der Waals surface area (Å²) in [6.45, 7) is 0. The number of carbonyl (C=O) groups is 2. The van der Waals surface area contributed by atoms with Gasteiger partial charge in [-0.1, -0.05) is 0 Å². The van der Waals surface area contributed by atoms with Crippen molar-refractivity contribution in [2.75, 3.05) is 4.90 Å². The Morgan fingerprint density at radius 1 is 0.686 bits per heavy atom. The molecule has 2 heterocycles. The Hall–Kier alpha value is -3.63. The van der Waals surface area contributed by atoms with Crippen LogP contribution in [0.2, 0.25) is 0 Å². The van der Waals surface area contributed by atoms with Crippen LogP contribution in [0.5, 0.6) is 0 Å². The molecule has 166 valence electrons. The fraction of sp³-hybridized carbons (Fsp3) is 0. The van der Waals surface area contributed by atoms with Gasteiger partial charge in [0.1, 0.15) is 0 Å². The van der Waals surface area contributed by atoms with Gasteiger partial charge in [-0.05, 0) is 0 Å². The second-order valence-corrected chi connectivity index (χ2v) is 11.9. The number of fused-ring (bicyclic) bond motifs is 5. The molecule has 0 fully saturated rings. The normalized spacial score (nSPS) is 15.4. The first-order chi connectivity index (χ1) is 17.2. The molecule has 0 amide bonds. The van der Waals surface area contributed by atoms with E-state index in [1.165, 1.54) is 25.7 Å². The van der Waals surface area contributed by atoms with Crippen LogP contribution in [0.15, 0.2) is 112 Å². The molecular formula is C30H17NO2SSe. The molecule has 4 aromatic carbocycles. The van der Waals surface area contributed by atoms with Crippen LogP contribution < -0.4 is 4.90 Å². The number of rotatable bonds is 2. The maximum absolute atomic E-state index is 13.4. The third kappa shape index (κ3) is 3.20. The van der Waals surface area contributed by atoms with Crippen molar-refractivity contribution in [3.63, 3.8) is 0 Å². The minimum absolute atomic E-state index is 0.0490. The summed E-state index contributed by atoms with van der Waals surface area (Å²) in [5.41, 5.74) is 3.65. The fourth-order valence-electron chi connectivity index (χ4n) is 4.84. The first kappa shape index (κ1) is 20.7. The zero-order chi connectivity index (χ0) is 23.5. The van der Waals surface area contributed by atoms with E-state index in [1.54, 1.807) is 17.8 Å². The summed E-state index contributed by atoms with van der Waals surface area (Å²) in [5, 5.41) is 1.82. The van der Waals surface area contributed by atoms with Gasteiger partial charge in [0.15, 0.2) is 0 Å². The van der Waals surface area contributed by atoms with Gasteiger partial charge in [-0.2, -0.15) is 0 Å². The van der Waals surface area contributed by atoms with E-state index in [-0.39, 0.29) is 31.6 Å². The first-order valence-electron chi connectivity index (χ1n) is 11.3. The van der Waals surface area contributed by atoms with Crippen molar-refractivity contribution >= 4 is 70.6 Å². The molecule has 35 heavy (non-hydrogen) atoms. The number of hydrogen-bond acceptors (Lipinski definition) is 4. The third-order valence-corrected chi connectivity index (χ3v) is 9.71. The van der Waals surface area contributed by atoms with Crippen molar-refractivity contribution in [3.05, 3.63) is 118 Å². The second-order valence-electron chi connectivity index (χ2n) is 8.47. The second kappa shape index (κ2) is 7.96. The van der Waals surface area contributed by atoms with Crippen LogP contribution >= 0.6 is 11.8 Å². The Kier molecular flexibility index (Phi) is 4.71. The zero-order valence-corrected chi connectivity index (χ0v) is 20.9. The molecule has 0 bridgehead atoms. The third-order valence-electron chi connectivity index (χ3n) is 6.44. The van der Waals surface area contributed by atoms with Gasteiger partial charge in [-0.15, -0.1) is 0 Å². The summed E-state index contributed by atoms with van der Waals surface area (Å²) >= 11 is 1.74. The van der Waals surface area contributed by atoms with Crippen molar-refractivity contribution in [2.45, 2.75) is 9.79 Å². The SMILES string of the molecule is O=C1/C(=C\c2ccc(N3c4ccccc4Sc4ccccc43)[se]2)C(=O)c2c1ccc1ccccc21. The van der Waals surface area contributed by atoms with E-state index < -0.39 is 0 Å². The van der Waals surface area contributed by atoms with Crippen LogP contribution in [0, 0.1) is 0 Å². The Bertz CT molecular complexity index is 1690. The van der Waals surface area contributed by atoms with Gasteiger partial charge in [0.05, 0.1) is 0 Å². The van der Waals surface area contributed by atoms with Gasteiger partial charge in [-0.25, -0.2) is 0 Å². The van der Waals surface area contributed by atoms with Crippen molar-refractivity contribution < 1.29 is 9.59 Å². The van der Waals surface area contributed by atoms with Gasteiger partial charge in [0, 0.05) is 0 Å². The van der Waals surface area contributed by atoms with E-state index in [0.717, 1.165) is 15.2 Å². The average Bonchev–Trinajstić information content (AvgIpc) is 3.45. The molecule has 1 aromatic heterocycles. The van der Waals surface area contributed by atoms with Crippen molar-refractivity contribution in [1.29, 1.82) is 0 Å². The Morgan fingerprint density at radius 2 is 1.37 bits per heavy atom. The van der Waals surface area contributed by atoms with Gasteiger partial charge >= 0.3 is 213 Å². The molecule has 5 aromatic rings. The molecule has 0 spiro atoms. The van der Waals surface area contributed by atoms with E-state index in [9.17, 15) is 9.59 Å². The monoisotopic (exact) mass is 535 g/mol. The van der Waals surface area contributed by atoms with Crippen molar-refractivity contribution in [2.24, 2.45) is 0 Å². The molecule has 0 saturated carbocycles. The number of ketones is 2. The van der Waals surface area contributed by atoms with Gasteiger partial charge in [0.2, 0.25) is 0 Å². The minimum atomic E-state index is -0.175. The summed E-state index contributed by atoms with van der Waals surface area (Å²) in [6.07, 6.45) is 1.82. The van der Waals surface area contributed by atoms with Crippen LogP contribution in [0.1, 0.15) is 25.2 Å². The standard InChI is InChI=1S/C30H17NO2SSe/c32-29-21-15-13-18-7-1-2-8-20(18)28(21)30(33)22(29)17-19-14-16-27(35-19)31-23-9-3-5-11-25(23)34-26-12-6-4-10-24(26)31/h1-17H/b22-17+. The van der Waals surface area contributed by atoms with Gasteiger partial charge in [0.25, 0.3) is 0 Å². The van der Waals surface area contributed by atoms with E-state index in [0.29, 0.717) is 11.1 Å². The number of carbonyl (C=O) groups excluding carboxylic acids is 2. The fourth-order valence-corrected chi connectivity index (χ4v) is 7.95. The molecule has 0 unspecified atom stereocenters.